The molecule has 0 bridgehead atoms. The van der Waals surface area contributed by atoms with Gasteiger partial charge in [-0.3, -0.25) is 20.6 Å². The Morgan fingerprint density at radius 2 is 1.85 bits per heavy atom. The number of nitrogens with two attached hydrogens (primary N) is 1. The van der Waals surface area contributed by atoms with E-state index in [0.717, 1.165) is 0 Å². The number of halogens is 2. The lowest BCUT2D eigenvalue weighted by molar-refractivity contribution is 0.0957. The first-order chi connectivity index (χ1) is 12.5. The van der Waals surface area contributed by atoms with Crippen LogP contribution in [-0.4, -0.2) is 20.9 Å². The van der Waals surface area contributed by atoms with Crippen molar-refractivity contribution < 1.29 is 4.79 Å². The second-order valence-electron chi connectivity index (χ2n) is 5.03. The lowest BCUT2D eigenvalue weighted by atomic mass is 10.3. The van der Waals surface area contributed by atoms with Gasteiger partial charge < -0.3 is 11.1 Å². The first kappa shape index (κ1) is 17.7. The molecular weight excluding hydrogens is 377 g/mol. The van der Waals surface area contributed by atoms with E-state index in [9.17, 15) is 4.79 Å². The van der Waals surface area contributed by atoms with E-state index in [0.29, 0.717) is 21.6 Å². The third-order valence-electron chi connectivity index (χ3n) is 3.26. The number of pyridine rings is 1. The minimum atomic E-state index is -0.432. The van der Waals surface area contributed by atoms with E-state index in [4.69, 9.17) is 28.9 Å². The summed E-state index contributed by atoms with van der Waals surface area (Å²) in [6.07, 6.45) is 2.81. The van der Waals surface area contributed by atoms with Crippen molar-refractivity contribution in [3.8, 4) is 0 Å². The van der Waals surface area contributed by atoms with E-state index in [1.807, 2.05) is 0 Å². The van der Waals surface area contributed by atoms with Crippen molar-refractivity contribution in [1.29, 1.82) is 0 Å². The van der Waals surface area contributed by atoms with Gasteiger partial charge in [-0.25, -0.2) is 9.97 Å². The fraction of sp³-hybridized carbons (Fsp3) is 0. The molecule has 0 aliphatic heterocycles. The maximum atomic E-state index is 12.0. The first-order valence-electron chi connectivity index (χ1n) is 7.34. The van der Waals surface area contributed by atoms with Crippen LogP contribution in [0.1, 0.15) is 10.5 Å². The second kappa shape index (κ2) is 7.85. The highest BCUT2D eigenvalue weighted by Crippen LogP contribution is 2.31. The van der Waals surface area contributed by atoms with Crippen LogP contribution in [-0.2, 0) is 0 Å². The molecule has 3 aromatic rings. The summed E-state index contributed by atoms with van der Waals surface area (Å²) in [4.78, 5) is 24.1. The highest BCUT2D eigenvalue weighted by atomic mass is 35.5. The molecule has 3 rings (SSSR count). The molecule has 8 nitrogen and oxygen atoms in total. The Kier molecular flexibility index (Phi) is 5.35. The van der Waals surface area contributed by atoms with E-state index in [-0.39, 0.29) is 17.2 Å². The van der Waals surface area contributed by atoms with E-state index in [1.54, 1.807) is 36.4 Å². The number of carbonyl (C=O) groups excluding carboxylic acids is 1. The molecule has 0 aliphatic rings. The fourth-order valence-electron chi connectivity index (χ4n) is 1.99. The zero-order valence-corrected chi connectivity index (χ0v) is 14.7. The van der Waals surface area contributed by atoms with Crippen molar-refractivity contribution in [1.82, 2.24) is 20.4 Å². The van der Waals surface area contributed by atoms with Crippen LogP contribution in [0.4, 0.5) is 23.0 Å². The number of benzene rings is 1. The molecule has 0 saturated carbocycles. The van der Waals surface area contributed by atoms with Crippen molar-refractivity contribution in [2.24, 2.45) is 0 Å². The van der Waals surface area contributed by atoms with Crippen molar-refractivity contribution in [2.45, 2.75) is 0 Å². The number of carbonyl (C=O) groups is 1. The van der Waals surface area contributed by atoms with Gasteiger partial charge in [0.1, 0.15) is 17.7 Å². The molecule has 2 heterocycles. The minimum absolute atomic E-state index is 0.194. The molecule has 1 amide bonds. The van der Waals surface area contributed by atoms with E-state index < -0.39 is 5.91 Å². The summed E-state index contributed by atoms with van der Waals surface area (Å²) in [6.45, 7) is 0. The molecule has 0 radical (unpaired) electrons. The first-order valence-corrected chi connectivity index (χ1v) is 8.10. The molecular formula is C16H13Cl2N7O. The Morgan fingerprint density at radius 3 is 2.58 bits per heavy atom. The van der Waals surface area contributed by atoms with Crippen LogP contribution in [0.2, 0.25) is 10.0 Å². The van der Waals surface area contributed by atoms with E-state index >= 15 is 0 Å². The molecule has 0 unspecified atom stereocenters. The van der Waals surface area contributed by atoms with Gasteiger partial charge in [0.05, 0.1) is 10.7 Å². The number of hydrazine groups is 1. The fourth-order valence-corrected chi connectivity index (χ4v) is 2.45. The molecule has 0 aliphatic carbocycles. The Balaban J connectivity index is 1.74. The quantitative estimate of drug-likeness (QED) is 0.494. The number of hydrogen-bond acceptors (Lipinski definition) is 7. The van der Waals surface area contributed by atoms with Gasteiger partial charge in [0.25, 0.3) is 5.91 Å². The predicted octanol–water partition coefficient (Wildman–Crippen LogP) is 3.26. The molecule has 26 heavy (non-hydrogen) atoms. The molecule has 2 aromatic heterocycles. The molecule has 5 N–H and O–H groups in total. The summed E-state index contributed by atoms with van der Waals surface area (Å²) in [6, 6.07) is 9.97. The highest BCUT2D eigenvalue weighted by molar-refractivity contribution is 6.36. The zero-order valence-electron chi connectivity index (χ0n) is 13.2. The number of anilines is 4. The van der Waals surface area contributed by atoms with Crippen molar-refractivity contribution in [2.75, 3.05) is 16.5 Å². The average molecular weight is 390 g/mol. The summed E-state index contributed by atoms with van der Waals surface area (Å²) in [7, 11) is 0. The summed E-state index contributed by atoms with van der Waals surface area (Å²) >= 11 is 12.0. The second-order valence-corrected chi connectivity index (χ2v) is 5.87. The van der Waals surface area contributed by atoms with Crippen LogP contribution in [0.15, 0.2) is 48.9 Å². The van der Waals surface area contributed by atoms with Crippen molar-refractivity contribution in [3.63, 3.8) is 0 Å². The lowest BCUT2D eigenvalue weighted by Gasteiger charge is -2.13. The minimum Gasteiger partial charge on any atom is -0.393 e. The monoisotopic (exact) mass is 389 g/mol. The summed E-state index contributed by atoms with van der Waals surface area (Å²) in [5.74, 6) is 0.106. The van der Waals surface area contributed by atoms with Gasteiger partial charge >= 0.3 is 0 Å². The van der Waals surface area contributed by atoms with Gasteiger partial charge in [-0.1, -0.05) is 29.3 Å². The summed E-state index contributed by atoms with van der Waals surface area (Å²) in [5.41, 5.74) is 12.2. The number of amides is 1. The molecule has 10 heteroatoms. The maximum absolute atomic E-state index is 12.0. The van der Waals surface area contributed by atoms with Crippen LogP contribution in [0, 0.1) is 0 Å². The Bertz CT molecular complexity index is 937. The number of rotatable bonds is 5. The third-order valence-corrected chi connectivity index (χ3v) is 3.81. The number of nitrogens with zero attached hydrogens (tertiary/aromatic N) is 3. The molecule has 0 saturated heterocycles. The van der Waals surface area contributed by atoms with Gasteiger partial charge in [-0.2, -0.15) is 0 Å². The maximum Gasteiger partial charge on any atom is 0.288 e. The number of nitrogens with one attached hydrogen (secondary N) is 3. The molecule has 0 atom stereocenters. The van der Waals surface area contributed by atoms with Gasteiger partial charge in [-0.05, 0) is 30.3 Å². The molecule has 0 spiro atoms. The predicted molar refractivity (Wildman–Crippen MR) is 102 cm³/mol. The van der Waals surface area contributed by atoms with E-state index in [1.165, 1.54) is 12.5 Å². The van der Waals surface area contributed by atoms with Crippen LogP contribution >= 0.6 is 23.2 Å². The molecule has 0 fully saturated rings. The van der Waals surface area contributed by atoms with Gasteiger partial charge in [0.2, 0.25) is 0 Å². The van der Waals surface area contributed by atoms with Gasteiger partial charge in [0, 0.05) is 11.2 Å². The summed E-state index contributed by atoms with van der Waals surface area (Å²) < 4.78 is 0. The Labute approximate surface area is 158 Å². The SMILES string of the molecule is Nc1c(NNC(=O)c2ccccn2)ncnc1Nc1ccc(Cl)cc1Cl. The normalized spacial score (nSPS) is 10.2. The Hall–Kier alpha value is -3.10. The molecule has 132 valence electrons. The largest absolute Gasteiger partial charge is 0.393 e. The van der Waals surface area contributed by atoms with Crippen molar-refractivity contribution in [3.05, 3.63) is 64.7 Å². The molecule has 1 aromatic carbocycles. The number of hydrogen-bond donors (Lipinski definition) is 4. The topological polar surface area (TPSA) is 118 Å². The third kappa shape index (κ3) is 4.11. The van der Waals surface area contributed by atoms with Crippen molar-refractivity contribution >= 4 is 52.1 Å². The smallest absolute Gasteiger partial charge is 0.288 e. The van der Waals surface area contributed by atoms with Crippen LogP contribution in [0.25, 0.3) is 0 Å². The van der Waals surface area contributed by atoms with Crippen LogP contribution < -0.4 is 21.9 Å². The van der Waals surface area contributed by atoms with Crippen LogP contribution in [0.3, 0.4) is 0 Å². The average Bonchev–Trinajstić information content (AvgIpc) is 2.65. The summed E-state index contributed by atoms with van der Waals surface area (Å²) in [5, 5.41) is 3.92. The van der Waals surface area contributed by atoms with Gasteiger partial charge in [-0.15, -0.1) is 0 Å². The van der Waals surface area contributed by atoms with Gasteiger partial charge in [0.15, 0.2) is 11.6 Å². The number of aromatic nitrogens is 3. The zero-order chi connectivity index (χ0) is 18.5. The standard InChI is InChI=1S/C16H13Cl2N7O/c17-9-4-5-11(10(18)7-9)23-14-13(19)15(22-8-21-14)24-25-16(26)12-3-1-2-6-20-12/h1-8H,19H2,(H,25,26)(H2,21,22,23,24). The Morgan fingerprint density at radius 1 is 1.04 bits per heavy atom. The lowest BCUT2D eigenvalue weighted by Crippen LogP contribution is -2.31. The number of nitrogen functional groups attached to an aromatic ring is 1. The van der Waals surface area contributed by atoms with Crippen LogP contribution in [0.5, 0.6) is 0 Å². The highest BCUT2D eigenvalue weighted by Gasteiger charge is 2.12. The van der Waals surface area contributed by atoms with E-state index in [2.05, 4.69) is 31.1 Å².